The SMILES string of the molecule is O=S(=O)(C=Cc1ccccc1)Nc1cccc(-c2nnc3n2CCC3)c1. The number of anilines is 1. The monoisotopic (exact) mass is 366 g/mol. The average Bonchev–Trinajstić information content (AvgIpc) is 3.24. The zero-order valence-electron chi connectivity index (χ0n) is 14.0. The van der Waals surface area contributed by atoms with Crippen molar-refractivity contribution in [2.75, 3.05) is 4.72 Å². The summed E-state index contributed by atoms with van der Waals surface area (Å²) in [6.45, 7) is 0.896. The van der Waals surface area contributed by atoms with E-state index in [9.17, 15) is 8.42 Å². The summed E-state index contributed by atoms with van der Waals surface area (Å²) in [6.07, 6.45) is 3.57. The minimum atomic E-state index is -3.60. The molecule has 26 heavy (non-hydrogen) atoms. The molecule has 6 nitrogen and oxygen atoms in total. The molecule has 1 N–H and O–H groups in total. The average molecular weight is 366 g/mol. The van der Waals surface area contributed by atoms with Gasteiger partial charge >= 0.3 is 0 Å². The highest BCUT2D eigenvalue weighted by atomic mass is 32.2. The maximum atomic E-state index is 12.3. The van der Waals surface area contributed by atoms with Crippen molar-refractivity contribution in [2.45, 2.75) is 19.4 Å². The van der Waals surface area contributed by atoms with Crippen LogP contribution in [0.15, 0.2) is 60.0 Å². The van der Waals surface area contributed by atoms with Crippen molar-refractivity contribution in [1.29, 1.82) is 0 Å². The normalized spacial score (nSPS) is 13.8. The third-order valence-corrected chi connectivity index (χ3v) is 5.24. The second-order valence-electron chi connectivity index (χ2n) is 6.14. The summed E-state index contributed by atoms with van der Waals surface area (Å²) in [6, 6.07) is 16.5. The zero-order chi connectivity index (χ0) is 18.0. The van der Waals surface area contributed by atoms with E-state index in [0.29, 0.717) is 5.69 Å². The lowest BCUT2D eigenvalue weighted by atomic mass is 10.2. The minimum Gasteiger partial charge on any atom is -0.311 e. The molecule has 4 rings (SSSR count). The van der Waals surface area contributed by atoms with Crippen molar-refractivity contribution in [2.24, 2.45) is 0 Å². The fourth-order valence-corrected chi connectivity index (χ4v) is 3.88. The number of nitrogens with one attached hydrogen (secondary N) is 1. The van der Waals surface area contributed by atoms with Crippen LogP contribution in [0.1, 0.15) is 17.8 Å². The second kappa shape index (κ2) is 6.76. The topological polar surface area (TPSA) is 76.9 Å². The first-order valence-electron chi connectivity index (χ1n) is 8.39. The summed E-state index contributed by atoms with van der Waals surface area (Å²) in [5.74, 6) is 1.76. The quantitative estimate of drug-likeness (QED) is 0.752. The first kappa shape index (κ1) is 16.5. The molecule has 2 aromatic carbocycles. The van der Waals surface area contributed by atoms with Gasteiger partial charge in [-0.25, -0.2) is 8.42 Å². The van der Waals surface area contributed by atoms with Gasteiger partial charge in [-0.2, -0.15) is 0 Å². The van der Waals surface area contributed by atoms with Crippen LogP contribution in [0.2, 0.25) is 0 Å². The molecular formula is C19H18N4O2S. The van der Waals surface area contributed by atoms with Crippen molar-refractivity contribution in [3.63, 3.8) is 0 Å². The molecule has 0 atom stereocenters. The van der Waals surface area contributed by atoms with Crippen LogP contribution in [0.5, 0.6) is 0 Å². The van der Waals surface area contributed by atoms with Crippen molar-refractivity contribution >= 4 is 21.8 Å². The predicted octanol–water partition coefficient (Wildman–Crippen LogP) is 3.30. The van der Waals surface area contributed by atoms with Gasteiger partial charge in [-0.3, -0.25) is 4.72 Å². The van der Waals surface area contributed by atoms with Gasteiger partial charge in [-0.1, -0.05) is 42.5 Å². The van der Waals surface area contributed by atoms with E-state index in [0.717, 1.165) is 42.2 Å². The first-order chi connectivity index (χ1) is 12.6. The van der Waals surface area contributed by atoms with E-state index in [-0.39, 0.29) is 0 Å². The summed E-state index contributed by atoms with van der Waals surface area (Å²) in [7, 11) is -3.60. The van der Waals surface area contributed by atoms with Gasteiger partial charge in [0.25, 0.3) is 10.0 Å². The Morgan fingerprint density at radius 2 is 1.88 bits per heavy atom. The summed E-state index contributed by atoms with van der Waals surface area (Å²) in [4.78, 5) is 0. The number of sulfonamides is 1. The Morgan fingerprint density at radius 3 is 2.73 bits per heavy atom. The van der Waals surface area contributed by atoms with E-state index < -0.39 is 10.0 Å². The predicted molar refractivity (Wildman–Crippen MR) is 102 cm³/mol. The Bertz CT molecular complexity index is 1060. The van der Waals surface area contributed by atoms with E-state index >= 15 is 0 Å². The number of aromatic nitrogens is 3. The van der Waals surface area contributed by atoms with Gasteiger partial charge in [0.15, 0.2) is 5.82 Å². The van der Waals surface area contributed by atoms with Crippen LogP contribution in [-0.4, -0.2) is 23.2 Å². The number of hydrogen-bond donors (Lipinski definition) is 1. The van der Waals surface area contributed by atoms with Crippen molar-refractivity contribution in [3.05, 3.63) is 71.4 Å². The molecule has 1 aliphatic heterocycles. The van der Waals surface area contributed by atoms with Crippen LogP contribution >= 0.6 is 0 Å². The molecule has 0 amide bonds. The molecule has 0 bridgehead atoms. The third kappa shape index (κ3) is 3.52. The number of benzene rings is 2. The maximum Gasteiger partial charge on any atom is 0.255 e. The van der Waals surface area contributed by atoms with Crippen LogP contribution in [0.4, 0.5) is 5.69 Å². The molecule has 2 heterocycles. The Kier molecular flexibility index (Phi) is 4.30. The zero-order valence-corrected chi connectivity index (χ0v) is 14.9. The summed E-state index contributed by atoms with van der Waals surface area (Å²) >= 11 is 0. The van der Waals surface area contributed by atoms with E-state index in [1.54, 1.807) is 18.2 Å². The molecule has 0 fully saturated rings. The Labute approximate surface area is 152 Å². The minimum absolute atomic E-state index is 0.496. The van der Waals surface area contributed by atoms with E-state index in [1.165, 1.54) is 5.41 Å². The molecule has 0 spiro atoms. The fourth-order valence-electron chi connectivity index (χ4n) is 3.02. The first-order valence-corrected chi connectivity index (χ1v) is 9.94. The molecule has 0 radical (unpaired) electrons. The van der Waals surface area contributed by atoms with Crippen molar-refractivity contribution in [1.82, 2.24) is 14.8 Å². The van der Waals surface area contributed by atoms with Gasteiger partial charge in [-0.15, -0.1) is 10.2 Å². The smallest absolute Gasteiger partial charge is 0.255 e. The highest BCUT2D eigenvalue weighted by Crippen LogP contribution is 2.25. The number of hydrogen-bond acceptors (Lipinski definition) is 4. The summed E-state index contributed by atoms with van der Waals surface area (Å²) in [5, 5.41) is 9.62. The summed E-state index contributed by atoms with van der Waals surface area (Å²) in [5.41, 5.74) is 2.17. The van der Waals surface area contributed by atoms with E-state index in [1.807, 2.05) is 42.5 Å². The summed E-state index contributed by atoms with van der Waals surface area (Å²) < 4.78 is 29.3. The lowest BCUT2D eigenvalue weighted by Crippen LogP contribution is -2.09. The number of nitrogens with zero attached hydrogens (tertiary/aromatic N) is 3. The van der Waals surface area contributed by atoms with Crippen LogP contribution in [0.25, 0.3) is 17.5 Å². The molecular weight excluding hydrogens is 348 g/mol. The highest BCUT2D eigenvalue weighted by molar-refractivity contribution is 7.95. The molecule has 1 aromatic heterocycles. The lowest BCUT2D eigenvalue weighted by molar-refractivity contribution is 0.609. The van der Waals surface area contributed by atoms with Gasteiger partial charge in [0.2, 0.25) is 0 Å². The molecule has 7 heteroatoms. The molecule has 0 saturated carbocycles. The van der Waals surface area contributed by atoms with Gasteiger partial charge < -0.3 is 4.57 Å². The van der Waals surface area contributed by atoms with Gasteiger partial charge in [0.1, 0.15) is 5.82 Å². The van der Waals surface area contributed by atoms with E-state index in [4.69, 9.17) is 0 Å². The lowest BCUT2D eigenvalue weighted by Gasteiger charge is -2.07. The molecule has 0 unspecified atom stereocenters. The highest BCUT2D eigenvalue weighted by Gasteiger charge is 2.18. The molecule has 3 aromatic rings. The molecule has 1 aliphatic rings. The van der Waals surface area contributed by atoms with Crippen molar-refractivity contribution in [3.8, 4) is 11.4 Å². The van der Waals surface area contributed by atoms with Crippen LogP contribution < -0.4 is 4.72 Å². The van der Waals surface area contributed by atoms with Crippen LogP contribution in [-0.2, 0) is 23.0 Å². The number of fused-ring (bicyclic) bond motifs is 1. The number of rotatable bonds is 5. The molecule has 132 valence electrons. The largest absolute Gasteiger partial charge is 0.311 e. The standard InChI is InChI=1S/C19H18N4O2S/c24-26(25,13-11-15-6-2-1-3-7-15)22-17-9-4-8-16(14-17)19-21-20-18-10-5-12-23(18)19/h1-4,6-9,11,13-14,22H,5,10,12H2. The van der Waals surface area contributed by atoms with Gasteiger partial charge in [-0.05, 0) is 30.2 Å². The van der Waals surface area contributed by atoms with Crippen LogP contribution in [0.3, 0.4) is 0 Å². The Hall–Kier alpha value is -2.93. The maximum absolute atomic E-state index is 12.3. The molecule has 0 saturated heterocycles. The van der Waals surface area contributed by atoms with Crippen molar-refractivity contribution < 1.29 is 8.42 Å². The Morgan fingerprint density at radius 1 is 1.04 bits per heavy atom. The van der Waals surface area contributed by atoms with Crippen LogP contribution in [0, 0.1) is 0 Å². The fraction of sp³-hybridized carbons (Fsp3) is 0.158. The second-order valence-corrected chi connectivity index (χ2v) is 7.70. The number of aryl methyl sites for hydroxylation is 1. The Balaban J connectivity index is 1.56. The van der Waals surface area contributed by atoms with E-state index in [2.05, 4.69) is 19.5 Å². The van der Waals surface area contributed by atoms with Gasteiger partial charge in [0, 0.05) is 24.2 Å². The molecule has 0 aliphatic carbocycles. The third-order valence-electron chi connectivity index (χ3n) is 4.23. The van der Waals surface area contributed by atoms with Gasteiger partial charge in [0.05, 0.1) is 5.41 Å².